The Kier molecular flexibility index (Phi) is 4.44. The molecule has 0 aliphatic carbocycles. The maximum Gasteiger partial charge on any atom is 0.263 e. The SMILES string of the molecule is COc1ccc(Cl)c(-c2cc(Cl)ncc2S(=O)(=O)Cl)c1. The molecule has 2 aromatic rings. The quantitative estimate of drug-likeness (QED) is 0.619. The van der Waals surface area contributed by atoms with Crippen LogP contribution in [0.5, 0.6) is 5.75 Å². The van der Waals surface area contributed by atoms with Gasteiger partial charge in [-0.05, 0) is 24.3 Å². The number of benzene rings is 1. The van der Waals surface area contributed by atoms with Gasteiger partial charge in [0.25, 0.3) is 9.05 Å². The van der Waals surface area contributed by atoms with E-state index in [1.165, 1.54) is 13.2 Å². The van der Waals surface area contributed by atoms with Gasteiger partial charge in [-0.3, -0.25) is 0 Å². The van der Waals surface area contributed by atoms with Crippen molar-refractivity contribution in [1.29, 1.82) is 0 Å². The molecule has 0 aliphatic heterocycles. The molecule has 1 aromatic heterocycles. The molecule has 0 aliphatic rings. The van der Waals surface area contributed by atoms with Crippen molar-refractivity contribution >= 4 is 42.9 Å². The highest BCUT2D eigenvalue weighted by Gasteiger charge is 2.20. The van der Waals surface area contributed by atoms with E-state index in [-0.39, 0.29) is 15.6 Å². The van der Waals surface area contributed by atoms with E-state index in [0.29, 0.717) is 16.3 Å². The third kappa shape index (κ3) is 3.17. The van der Waals surface area contributed by atoms with Crippen molar-refractivity contribution in [3.8, 4) is 16.9 Å². The van der Waals surface area contributed by atoms with Gasteiger partial charge in [0.05, 0.1) is 7.11 Å². The molecule has 0 N–H and O–H groups in total. The zero-order chi connectivity index (χ0) is 14.9. The molecule has 0 atom stereocenters. The van der Waals surface area contributed by atoms with Crippen molar-refractivity contribution in [3.05, 3.63) is 40.6 Å². The summed E-state index contributed by atoms with van der Waals surface area (Å²) in [6, 6.07) is 6.23. The number of hydrogen-bond acceptors (Lipinski definition) is 4. The maximum atomic E-state index is 11.6. The summed E-state index contributed by atoms with van der Waals surface area (Å²) < 4.78 is 28.3. The normalized spacial score (nSPS) is 11.4. The van der Waals surface area contributed by atoms with E-state index < -0.39 is 9.05 Å². The van der Waals surface area contributed by atoms with Gasteiger partial charge in [-0.25, -0.2) is 13.4 Å². The molecule has 106 valence electrons. The second-order valence-corrected chi connectivity index (χ2v) is 7.12. The molecule has 2 rings (SSSR count). The predicted octanol–water partition coefficient (Wildman–Crippen LogP) is 3.99. The van der Waals surface area contributed by atoms with Crippen molar-refractivity contribution in [1.82, 2.24) is 4.98 Å². The molecule has 0 unspecified atom stereocenters. The Labute approximate surface area is 130 Å². The predicted molar refractivity (Wildman–Crippen MR) is 79.3 cm³/mol. The van der Waals surface area contributed by atoms with Crippen LogP contribution in [-0.4, -0.2) is 20.5 Å². The van der Waals surface area contributed by atoms with Crippen LogP contribution < -0.4 is 4.74 Å². The fourth-order valence-corrected chi connectivity index (χ4v) is 3.02. The largest absolute Gasteiger partial charge is 0.497 e. The molecular weight excluding hydrogens is 345 g/mol. The third-order valence-corrected chi connectivity index (χ3v) is 4.45. The lowest BCUT2D eigenvalue weighted by atomic mass is 10.1. The van der Waals surface area contributed by atoms with Gasteiger partial charge in [0.1, 0.15) is 15.8 Å². The molecule has 20 heavy (non-hydrogen) atoms. The Morgan fingerprint density at radius 3 is 2.45 bits per heavy atom. The van der Waals surface area contributed by atoms with E-state index in [1.54, 1.807) is 18.2 Å². The minimum absolute atomic E-state index is 0.128. The molecule has 1 heterocycles. The molecule has 0 spiro atoms. The number of ether oxygens (including phenoxy) is 1. The van der Waals surface area contributed by atoms with Crippen molar-refractivity contribution in [2.75, 3.05) is 7.11 Å². The lowest BCUT2D eigenvalue weighted by Crippen LogP contribution is -1.97. The Balaban J connectivity index is 2.78. The summed E-state index contributed by atoms with van der Waals surface area (Å²) in [6.07, 6.45) is 1.09. The Hall–Kier alpha value is -1.01. The van der Waals surface area contributed by atoms with Crippen LogP contribution in [0.3, 0.4) is 0 Å². The first kappa shape index (κ1) is 15.4. The van der Waals surface area contributed by atoms with Crippen LogP contribution in [0.15, 0.2) is 35.4 Å². The Morgan fingerprint density at radius 2 is 1.85 bits per heavy atom. The second kappa shape index (κ2) is 5.77. The summed E-state index contributed by atoms with van der Waals surface area (Å²) in [4.78, 5) is 3.56. The first-order valence-electron chi connectivity index (χ1n) is 5.27. The highest BCUT2D eigenvalue weighted by Crippen LogP contribution is 2.37. The van der Waals surface area contributed by atoms with E-state index in [9.17, 15) is 8.42 Å². The average molecular weight is 353 g/mol. The smallest absolute Gasteiger partial charge is 0.263 e. The number of halogens is 3. The molecule has 0 saturated heterocycles. The van der Waals surface area contributed by atoms with Gasteiger partial charge in [0.15, 0.2) is 0 Å². The minimum atomic E-state index is -3.98. The van der Waals surface area contributed by atoms with Crippen LogP contribution in [0.4, 0.5) is 0 Å². The number of hydrogen-bond donors (Lipinski definition) is 0. The average Bonchev–Trinajstić information content (AvgIpc) is 2.37. The van der Waals surface area contributed by atoms with Crippen molar-refractivity contribution in [3.63, 3.8) is 0 Å². The zero-order valence-corrected chi connectivity index (χ0v) is 13.2. The fraction of sp³-hybridized carbons (Fsp3) is 0.0833. The lowest BCUT2D eigenvalue weighted by molar-refractivity contribution is 0.415. The molecule has 0 bridgehead atoms. The van der Waals surface area contributed by atoms with Crippen LogP contribution in [0, 0.1) is 0 Å². The monoisotopic (exact) mass is 351 g/mol. The second-order valence-electron chi connectivity index (χ2n) is 3.79. The van der Waals surface area contributed by atoms with Gasteiger partial charge >= 0.3 is 0 Å². The summed E-state index contributed by atoms with van der Waals surface area (Å²) in [6.45, 7) is 0. The number of nitrogens with zero attached hydrogens (tertiary/aromatic N) is 1. The van der Waals surface area contributed by atoms with Gasteiger partial charge < -0.3 is 4.74 Å². The minimum Gasteiger partial charge on any atom is -0.497 e. The van der Waals surface area contributed by atoms with Crippen LogP contribution >= 0.6 is 33.9 Å². The van der Waals surface area contributed by atoms with Crippen LogP contribution in [0.2, 0.25) is 10.2 Å². The van der Waals surface area contributed by atoms with Gasteiger partial charge in [-0.2, -0.15) is 0 Å². The summed E-state index contributed by atoms with van der Waals surface area (Å²) in [7, 11) is 2.92. The Bertz CT molecular complexity index is 763. The molecular formula is C12H8Cl3NO3S. The first-order valence-corrected chi connectivity index (χ1v) is 8.33. The standard InChI is InChI=1S/C12H8Cl3NO3S/c1-19-7-2-3-10(13)8(4-7)9-5-12(14)16-6-11(9)20(15,17)18/h2-6H,1H3. The number of methoxy groups -OCH3 is 1. The first-order chi connectivity index (χ1) is 9.32. The number of rotatable bonds is 3. The molecule has 4 nitrogen and oxygen atoms in total. The maximum absolute atomic E-state index is 11.6. The van der Waals surface area contributed by atoms with E-state index >= 15 is 0 Å². The molecule has 0 radical (unpaired) electrons. The topological polar surface area (TPSA) is 56.3 Å². The van der Waals surface area contributed by atoms with E-state index in [4.69, 9.17) is 38.6 Å². The van der Waals surface area contributed by atoms with Crippen LogP contribution in [0.1, 0.15) is 0 Å². The van der Waals surface area contributed by atoms with Gasteiger partial charge in [-0.1, -0.05) is 23.2 Å². The lowest BCUT2D eigenvalue weighted by Gasteiger charge is -2.10. The molecule has 1 aromatic carbocycles. The van der Waals surface area contributed by atoms with Gasteiger partial charge in [0.2, 0.25) is 0 Å². The summed E-state index contributed by atoms with van der Waals surface area (Å²) in [5.74, 6) is 0.523. The third-order valence-electron chi connectivity index (χ3n) is 2.56. The van der Waals surface area contributed by atoms with E-state index in [2.05, 4.69) is 4.98 Å². The summed E-state index contributed by atoms with van der Waals surface area (Å²) >= 11 is 11.9. The molecule has 0 fully saturated rings. The van der Waals surface area contributed by atoms with Crippen LogP contribution in [-0.2, 0) is 9.05 Å². The number of pyridine rings is 1. The van der Waals surface area contributed by atoms with E-state index in [1.807, 2.05) is 0 Å². The summed E-state index contributed by atoms with van der Waals surface area (Å²) in [5, 5.41) is 0.470. The van der Waals surface area contributed by atoms with Crippen molar-refractivity contribution in [2.45, 2.75) is 4.90 Å². The van der Waals surface area contributed by atoms with Crippen LogP contribution in [0.25, 0.3) is 11.1 Å². The zero-order valence-electron chi connectivity index (χ0n) is 10.1. The van der Waals surface area contributed by atoms with Crippen molar-refractivity contribution < 1.29 is 13.2 Å². The molecule has 0 amide bonds. The molecule has 8 heteroatoms. The van der Waals surface area contributed by atoms with Gasteiger partial charge in [0, 0.05) is 33.0 Å². The highest BCUT2D eigenvalue weighted by molar-refractivity contribution is 8.13. The molecule has 0 saturated carbocycles. The fourth-order valence-electron chi connectivity index (χ4n) is 1.66. The van der Waals surface area contributed by atoms with Gasteiger partial charge in [-0.15, -0.1) is 0 Å². The Morgan fingerprint density at radius 1 is 1.15 bits per heavy atom. The highest BCUT2D eigenvalue weighted by atomic mass is 35.7. The van der Waals surface area contributed by atoms with E-state index in [0.717, 1.165) is 6.20 Å². The number of aromatic nitrogens is 1. The van der Waals surface area contributed by atoms with Crippen molar-refractivity contribution in [2.24, 2.45) is 0 Å². The summed E-state index contributed by atoms with van der Waals surface area (Å²) in [5.41, 5.74) is 0.707.